The Hall–Kier alpha value is -1.43. The zero-order valence-corrected chi connectivity index (χ0v) is 11.6. The van der Waals surface area contributed by atoms with E-state index < -0.39 is 5.97 Å². The van der Waals surface area contributed by atoms with E-state index in [-0.39, 0.29) is 12.2 Å². The van der Waals surface area contributed by atoms with E-state index in [9.17, 15) is 4.79 Å². The number of nitrogens with one attached hydrogen (secondary N) is 1. The number of halogens is 3. The van der Waals surface area contributed by atoms with Gasteiger partial charge in [-0.2, -0.15) is 0 Å². The number of hydrogen-bond donors (Lipinski definition) is 2. The maximum atomic E-state index is 10.6. The minimum Gasteiger partial charge on any atom is -0.476 e. The number of rotatable bonds is 4. The molecule has 0 saturated carbocycles. The van der Waals surface area contributed by atoms with Crippen LogP contribution < -0.4 is 5.32 Å². The molecule has 0 aliphatic carbocycles. The van der Waals surface area contributed by atoms with Gasteiger partial charge in [-0.1, -0.05) is 40.0 Å². The predicted octanol–water partition coefficient (Wildman–Crippen LogP) is 3.95. The monoisotopic (exact) mass is 320 g/mol. The second-order valence-electron chi connectivity index (χ2n) is 3.58. The fourth-order valence-corrected chi connectivity index (χ4v) is 2.33. The summed E-state index contributed by atoms with van der Waals surface area (Å²) in [6.07, 6.45) is 0. The number of carboxylic acid groups (broad SMARTS) is 1. The average molecular weight is 322 g/mol. The van der Waals surface area contributed by atoms with Crippen molar-refractivity contribution in [3.63, 3.8) is 0 Å². The molecule has 0 saturated heterocycles. The van der Waals surface area contributed by atoms with Crippen LogP contribution in [0.5, 0.6) is 0 Å². The number of nitrogens with zero attached hydrogens (tertiary/aromatic N) is 1. The van der Waals surface area contributed by atoms with E-state index >= 15 is 0 Å². The molecule has 0 amide bonds. The van der Waals surface area contributed by atoms with Crippen molar-refractivity contribution < 1.29 is 14.4 Å². The topological polar surface area (TPSA) is 75.4 Å². The molecule has 100 valence electrons. The first-order valence-electron chi connectivity index (χ1n) is 5.04. The van der Waals surface area contributed by atoms with Crippen molar-refractivity contribution in [1.29, 1.82) is 0 Å². The number of aromatic nitrogens is 1. The van der Waals surface area contributed by atoms with Crippen molar-refractivity contribution in [2.24, 2.45) is 0 Å². The van der Waals surface area contributed by atoms with E-state index in [0.717, 1.165) is 0 Å². The van der Waals surface area contributed by atoms with Crippen molar-refractivity contribution in [1.82, 2.24) is 5.16 Å². The molecule has 0 unspecified atom stereocenters. The fourth-order valence-electron chi connectivity index (χ4n) is 1.38. The number of carboxylic acids is 1. The van der Waals surface area contributed by atoms with Crippen LogP contribution in [0, 0.1) is 0 Å². The molecule has 2 aromatic rings. The average Bonchev–Trinajstić information content (AvgIpc) is 2.76. The minimum atomic E-state index is -1.16. The molecule has 0 bridgehead atoms. The van der Waals surface area contributed by atoms with E-state index in [1.807, 2.05) is 0 Å². The van der Waals surface area contributed by atoms with E-state index in [2.05, 4.69) is 10.5 Å². The Bertz CT molecular complexity index is 604. The summed E-state index contributed by atoms with van der Waals surface area (Å²) in [4.78, 5) is 10.6. The van der Waals surface area contributed by atoms with E-state index in [4.69, 9.17) is 44.4 Å². The zero-order chi connectivity index (χ0) is 14.0. The Morgan fingerprint density at radius 3 is 2.42 bits per heavy atom. The van der Waals surface area contributed by atoms with Gasteiger partial charge in [-0.3, -0.25) is 0 Å². The van der Waals surface area contributed by atoms with Gasteiger partial charge < -0.3 is 14.9 Å². The number of benzene rings is 1. The van der Waals surface area contributed by atoms with Gasteiger partial charge in [-0.05, 0) is 12.1 Å². The Morgan fingerprint density at radius 2 is 1.89 bits per heavy atom. The lowest BCUT2D eigenvalue weighted by molar-refractivity contribution is 0.0685. The van der Waals surface area contributed by atoms with Gasteiger partial charge in [-0.15, -0.1) is 0 Å². The Labute approximate surface area is 123 Å². The Morgan fingerprint density at radius 1 is 1.26 bits per heavy atom. The van der Waals surface area contributed by atoms with Gasteiger partial charge in [0.15, 0.2) is 11.5 Å². The first kappa shape index (κ1) is 14.0. The summed E-state index contributed by atoms with van der Waals surface area (Å²) in [7, 11) is 0. The molecule has 0 fully saturated rings. The van der Waals surface area contributed by atoms with Crippen molar-refractivity contribution in [3.8, 4) is 0 Å². The second kappa shape index (κ2) is 5.69. The first-order valence-corrected chi connectivity index (χ1v) is 6.18. The zero-order valence-electron chi connectivity index (χ0n) is 9.28. The minimum absolute atomic E-state index is 0.162. The molecule has 0 radical (unpaired) electrons. The lowest BCUT2D eigenvalue weighted by Crippen LogP contribution is -2.00. The normalized spacial score (nSPS) is 10.5. The van der Waals surface area contributed by atoms with Crippen LogP contribution in [0.4, 0.5) is 5.69 Å². The molecule has 0 aliphatic rings. The van der Waals surface area contributed by atoms with Crippen LogP contribution in [0.3, 0.4) is 0 Å². The van der Waals surface area contributed by atoms with Crippen molar-refractivity contribution in [3.05, 3.63) is 44.7 Å². The number of hydrogen-bond acceptors (Lipinski definition) is 4. The highest BCUT2D eigenvalue weighted by atomic mass is 35.5. The van der Waals surface area contributed by atoms with Crippen molar-refractivity contribution in [2.45, 2.75) is 6.54 Å². The molecule has 5 nitrogen and oxygen atoms in total. The van der Waals surface area contributed by atoms with Gasteiger partial charge in [0.25, 0.3) is 0 Å². The SMILES string of the molecule is O=C(O)c1cc(CNc2c(Cl)cc(Cl)cc2Cl)on1. The molecule has 19 heavy (non-hydrogen) atoms. The van der Waals surface area contributed by atoms with Crippen LogP contribution in [-0.2, 0) is 6.54 Å². The molecule has 0 spiro atoms. The summed E-state index contributed by atoms with van der Waals surface area (Å²) in [6.45, 7) is 0.196. The summed E-state index contributed by atoms with van der Waals surface area (Å²) in [5.74, 6) is -0.808. The third-order valence-electron chi connectivity index (χ3n) is 2.22. The van der Waals surface area contributed by atoms with Gasteiger partial charge in [0.1, 0.15) is 0 Å². The standard InChI is InChI=1S/C11H7Cl3N2O3/c12-5-1-7(13)10(8(14)2-5)15-4-6-3-9(11(17)18)16-19-6/h1-3,15H,4H2,(H,17,18). The quantitative estimate of drug-likeness (QED) is 0.892. The molecule has 0 aliphatic heterocycles. The van der Waals surface area contributed by atoms with E-state index in [1.54, 1.807) is 12.1 Å². The van der Waals surface area contributed by atoms with Gasteiger partial charge in [-0.25, -0.2) is 4.79 Å². The Balaban J connectivity index is 2.12. The second-order valence-corrected chi connectivity index (χ2v) is 4.83. The summed E-state index contributed by atoms with van der Waals surface area (Å²) < 4.78 is 4.85. The molecule has 2 rings (SSSR count). The number of aromatic carboxylic acids is 1. The molecule has 0 atom stereocenters. The Kier molecular flexibility index (Phi) is 4.19. The molecule has 8 heteroatoms. The molecular weight excluding hydrogens is 314 g/mol. The molecule has 1 aromatic heterocycles. The molecule has 2 N–H and O–H groups in total. The highest BCUT2D eigenvalue weighted by molar-refractivity contribution is 6.41. The van der Waals surface area contributed by atoms with Crippen LogP contribution in [0.1, 0.15) is 16.2 Å². The fraction of sp³-hybridized carbons (Fsp3) is 0.0909. The van der Waals surface area contributed by atoms with Gasteiger partial charge in [0.2, 0.25) is 0 Å². The number of anilines is 1. The first-order chi connectivity index (χ1) is 8.97. The van der Waals surface area contributed by atoms with Gasteiger partial charge in [0, 0.05) is 11.1 Å². The largest absolute Gasteiger partial charge is 0.476 e. The summed E-state index contributed by atoms with van der Waals surface area (Å²) in [6, 6.07) is 4.40. The van der Waals surface area contributed by atoms with Crippen LogP contribution in [0.15, 0.2) is 22.7 Å². The maximum Gasteiger partial charge on any atom is 0.358 e. The highest BCUT2D eigenvalue weighted by Gasteiger charge is 2.12. The lowest BCUT2D eigenvalue weighted by atomic mass is 10.3. The van der Waals surface area contributed by atoms with Crippen LogP contribution in [0.25, 0.3) is 0 Å². The molecule has 1 aromatic carbocycles. The predicted molar refractivity (Wildman–Crippen MR) is 72.3 cm³/mol. The molecule has 1 heterocycles. The van der Waals surface area contributed by atoms with Crippen LogP contribution in [-0.4, -0.2) is 16.2 Å². The number of carbonyl (C=O) groups is 1. The third-order valence-corrected chi connectivity index (χ3v) is 3.04. The summed E-state index contributed by atoms with van der Waals surface area (Å²) >= 11 is 17.8. The lowest BCUT2D eigenvalue weighted by Gasteiger charge is -2.09. The highest BCUT2D eigenvalue weighted by Crippen LogP contribution is 2.33. The smallest absolute Gasteiger partial charge is 0.358 e. The summed E-state index contributed by atoms with van der Waals surface area (Å²) in [5, 5.41) is 16.2. The van der Waals surface area contributed by atoms with Crippen molar-refractivity contribution >= 4 is 46.5 Å². The molecular formula is C11H7Cl3N2O3. The van der Waals surface area contributed by atoms with Crippen molar-refractivity contribution in [2.75, 3.05) is 5.32 Å². The van der Waals surface area contributed by atoms with E-state index in [0.29, 0.717) is 26.5 Å². The van der Waals surface area contributed by atoms with Gasteiger partial charge in [0.05, 0.1) is 22.3 Å². The summed E-state index contributed by atoms with van der Waals surface area (Å²) in [5.41, 5.74) is 0.325. The van der Waals surface area contributed by atoms with Gasteiger partial charge >= 0.3 is 5.97 Å². The third kappa shape index (κ3) is 3.32. The van der Waals surface area contributed by atoms with Crippen LogP contribution >= 0.6 is 34.8 Å². The van der Waals surface area contributed by atoms with Crippen LogP contribution in [0.2, 0.25) is 15.1 Å². The van der Waals surface area contributed by atoms with E-state index in [1.165, 1.54) is 6.07 Å². The maximum absolute atomic E-state index is 10.6.